The Hall–Kier alpha value is -2.48. The summed E-state index contributed by atoms with van der Waals surface area (Å²) in [6.07, 6.45) is -0.196. The van der Waals surface area contributed by atoms with Crippen molar-refractivity contribution in [2.75, 3.05) is 5.32 Å². The van der Waals surface area contributed by atoms with Crippen LogP contribution in [0.3, 0.4) is 0 Å². The van der Waals surface area contributed by atoms with Crippen molar-refractivity contribution in [1.29, 1.82) is 0 Å². The predicted molar refractivity (Wildman–Crippen MR) is 89.3 cm³/mol. The molecule has 8 heteroatoms. The van der Waals surface area contributed by atoms with Gasteiger partial charge in [-0.15, -0.1) is 0 Å². The first-order chi connectivity index (χ1) is 11.9. The third kappa shape index (κ3) is 3.96. The van der Waals surface area contributed by atoms with Gasteiger partial charge in [0.25, 0.3) is 0 Å². The van der Waals surface area contributed by atoms with Crippen molar-refractivity contribution in [3.8, 4) is 0 Å². The van der Waals surface area contributed by atoms with Crippen LogP contribution in [0.5, 0.6) is 0 Å². The van der Waals surface area contributed by atoms with Gasteiger partial charge < -0.3 is 21.1 Å². The van der Waals surface area contributed by atoms with Gasteiger partial charge in [-0.3, -0.25) is 0 Å². The summed E-state index contributed by atoms with van der Waals surface area (Å²) in [5.41, 5.74) is 1.65. The van der Waals surface area contributed by atoms with Crippen LogP contribution in [-0.4, -0.2) is 17.3 Å². The van der Waals surface area contributed by atoms with Crippen molar-refractivity contribution < 1.29 is 18.3 Å². The number of nitrogens with one attached hydrogen (secondary N) is 3. The number of aliphatic imine (C=N–C) groups is 1. The molecule has 3 rings (SSSR count). The summed E-state index contributed by atoms with van der Waals surface area (Å²) in [4.78, 5) is 4.36. The third-order valence-corrected chi connectivity index (χ3v) is 4.21. The number of alkyl halides is 3. The molecule has 0 aliphatic carbocycles. The number of nitrogens with zero attached hydrogens (tertiary/aromatic N) is 1. The van der Waals surface area contributed by atoms with Crippen LogP contribution in [-0.2, 0) is 6.18 Å². The molecule has 4 N–H and O–H groups in total. The SMILES string of the molecule is CCC1=CN=C2NC=C(NC(O)Nc3ccc(C(F)(F)F)cc3)C2C1. The fourth-order valence-electron chi connectivity index (χ4n) is 2.79. The van der Waals surface area contributed by atoms with Gasteiger partial charge in [0.05, 0.1) is 11.5 Å². The fraction of sp³-hybridized carbons (Fsp3) is 0.353. The molecule has 0 saturated carbocycles. The highest BCUT2D eigenvalue weighted by atomic mass is 19.4. The minimum atomic E-state index is -4.38. The zero-order chi connectivity index (χ0) is 18.0. The molecule has 0 radical (unpaired) electrons. The summed E-state index contributed by atoms with van der Waals surface area (Å²) in [5, 5.41) is 18.9. The molecule has 0 aromatic heterocycles. The second-order valence-electron chi connectivity index (χ2n) is 5.92. The number of fused-ring (bicyclic) bond motifs is 1. The van der Waals surface area contributed by atoms with Crippen LogP contribution in [0.1, 0.15) is 25.3 Å². The standard InChI is InChI=1S/C17H19F3N4O/c1-2-10-7-13-14(9-22-15(13)21-8-10)24-16(25)23-12-5-3-11(4-6-12)17(18,19)20/h3-6,8-9,13,16,23-25H,2,7H2,1H3,(H,21,22). The zero-order valence-electron chi connectivity index (χ0n) is 13.6. The molecule has 134 valence electrons. The average Bonchev–Trinajstić information content (AvgIpc) is 2.96. The van der Waals surface area contributed by atoms with Gasteiger partial charge in [0, 0.05) is 23.8 Å². The van der Waals surface area contributed by atoms with Crippen LogP contribution in [0.2, 0.25) is 0 Å². The van der Waals surface area contributed by atoms with Gasteiger partial charge in [-0.25, -0.2) is 4.99 Å². The van der Waals surface area contributed by atoms with E-state index in [2.05, 4.69) is 27.9 Å². The molecule has 0 bridgehead atoms. The van der Waals surface area contributed by atoms with E-state index in [-0.39, 0.29) is 5.92 Å². The average molecular weight is 352 g/mol. The highest BCUT2D eigenvalue weighted by molar-refractivity contribution is 5.92. The maximum atomic E-state index is 12.6. The molecule has 0 saturated heterocycles. The van der Waals surface area contributed by atoms with Crippen LogP contribution < -0.4 is 16.0 Å². The van der Waals surface area contributed by atoms with Gasteiger partial charge in [-0.1, -0.05) is 12.5 Å². The van der Waals surface area contributed by atoms with E-state index in [1.807, 2.05) is 6.20 Å². The Kier molecular flexibility index (Phi) is 4.71. The highest BCUT2D eigenvalue weighted by Gasteiger charge is 2.31. The summed E-state index contributed by atoms with van der Waals surface area (Å²) in [7, 11) is 0. The van der Waals surface area contributed by atoms with Gasteiger partial charge in [-0.05, 0) is 37.1 Å². The molecule has 0 spiro atoms. The molecular weight excluding hydrogens is 333 g/mol. The van der Waals surface area contributed by atoms with Crippen molar-refractivity contribution in [2.45, 2.75) is 32.3 Å². The van der Waals surface area contributed by atoms with E-state index in [4.69, 9.17) is 0 Å². The summed E-state index contributed by atoms with van der Waals surface area (Å²) in [5.74, 6) is 0.852. The molecule has 2 aliphatic rings. The first kappa shape index (κ1) is 17.3. The molecule has 0 fully saturated rings. The van der Waals surface area contributed by atoms with Crippen molar-refractivity contribution in [3.05, 3.63) is 53.5 Å². The van der Waals surface area contributed by atoms with E-state index >= 15 is 0 Å². The molecule has 2 aliphatic heterocycles. The summed E-state index contributed by atoms with van der Waals surface area (Å²) in [6, 6.07) is 4.49. The molecule has 2 unspecified atom stereocenters. The number of hydrogen-bond donors (Lipinski definition) is 4. The van der Waals surface area contributed by atoms with Gasteiger partial charge in [0.15, 0.2) is 0 Å². The summed E-state index contributed by atoms with van der Waals surface area (Å²) >= 11 is 0. The van der Waals surface area contributed by atoms with Crippen LogP contribution in [0.15, 0.2) is 52.9 Å². The van der Waals surface area contributed by atoms with E-state index < -0.39 is 18.1 Å². The van der Waals surface area contributed by atoms with Gasteiger partial charge >= 0.3 is 6.18 Å². The fourth-order valence-corrected chi connectivity index (χ4v) is 2.79. The molecule has 0 amide bonds. The van der Waals surface area contributed by atoms with Gasteiger partial charge in [0.2, 0.25) is 6.35 Å². The second-order valence-corrected chi connectivity index (χ2v) is 5.92. The molecule has 1 aromatic rings. The number of hydrogen-bond acceptors (Lipinski definition) is 5. The number of rotatable bonds is 5. The van der Waals surface area contributed by atoms with Crippen molar-refractivity contribution in [1.82, 2.24) is 10.6 Å². The van der Waals surface area contributed by atoms with E-state index in [1.54, 1.807) is 6.20 Å². The molecule has 5 nitrogen and oxygen atoms in total. The number of halogens is 3. The lowest BCUT2D eigenvalue weighted by Crippen LogP contribution is -2.38. The van der Waals surface area contributed by atoms with E-state index in [0.29, 0.717) is 5.69 Å². The minimum Gasteiger partial charge on any atom is -0.357 e. The first-order valence-corrected chi connectivity index (χ1v) is 7.97. The summed E-state index contributed by atoms with van der Waals surface area (Å²) < 4.78 is 37.7. The van der Waals surface area contributed by atoms with E-state index in [0.717, 1.165) is 36.5 Å². The van der Waals surface area contributed by atoms with Gasteiger partial charge in [0.1, 0.15) is 5.84 Å². The lowest BCUT2D eigenvalue weighted by molar-refractivity contribution is -0.137. The third-order valence-electron chi connectivity index (χ3n) is 4.21. The zero-order valence-corrected chi connectivity index (χ0v) is 13.6. The molecule has 25 heavy (non-hydrogen) atoms. The quantitative estimate of drug-likeness (QED) is 0.615. The minimum absolute atomic E-state index is 0.0315. The van der Waals surface area contributed by atoms with Crippen LogP contribution in [0.25, 0.3) is 0 Å². The maximum absolute atomic E-state index is 12.6. The Morgan fingerprint density at radius 1 is 1.28 bits per heavy atom. The van der Waals surface area contributed by atoms with Gasteiger partial charge in [-0.2, -0.15) is 13.2 Å². The Bertz CT molecular complexity index is 722. The molecule has 1 aromatic carbocycles. The van der Waals surface area contributed by atoms with Crippen LogP contribution in [0.4, 0.5) is 18.9 Å². The molecular formula is C17H19F3N4O. The molecule has 2 heterocycles. The topological polar surface area (TPSA) is 68.7 Å². The Morgan fingerprint density at radius 3 is 2.64 bits per heavy atom. The number of allylic oxidation sites excluding steroid dienone is 1. The Labute approximate surface area is 143 Å². The second kappa shape index (κ2) is 6.79. The Balaban J connectivity index is 1.59. The number of anilines is 1. The number of aliphatic hydroxyl groups excluding tert-OH is 1. The normalized spacial score (nSPS) is 20.7. The lowest BCUT2D eigenvalue weighted by atomic mass is 9.94. The monoisotopic (exact) mass is 352 g/mol. The maximum Gasteiger partial charge on any atom is 0.416 e. The van der Waals surface area contributed by atoms with Crippen LogP contribution in [0, 0.1) is 5.92 Å². The van der Waals surface area contributed by atoms with Crippen LogP contribution >= 0.6 is 0 Å². The van der Waals surface area contributed by atoms with Crippen molar-refractivity contribution in [2.24, 2.45) is 10.9 Å². The van der Waals surface area contributed by atoms with Crippen molar-refractivity contribution >= 4 is 11.5 Å². The van der Waals surface area contributed by atoms with E-state index in [1.165, 1.54) is 17.7 Å². The van der Waals surface area contributed by atoms with Crippen molar-refractivity contribution in [3.63, 3.8) is 0 Å². The number of benzene rings is 1. The lowest BCUT2D eigenvalue weighted by Gasteiger charge is -2.23. The number of aliphatic hydroxyl groups is 1. The predicted octanol–water partition coefficient (Wildman–Crippen LogP) is 3.14. The smallest absolute Gasteiger partial charge is 0.357 e. The highest BCUT2D eigenvalue weighted by Crippen LogP contribution is 2.30. The first-order valence-electron chi connectivity index (χ1n) is 7.97. The Morgan fingerprint density at radius 2 is 2.00 bits per heavy atom. The number of amidine groups is 1. The molecule has 2 atom stereocenters. The largest absolute Gasteiger partial charge is 0.416 e. The summed E-state index contributed by atoms with van der Waals surface area (Å²) in [6.45, 7) is 2.06. The van der Waals surface area contributed by atoms with E-state index in [9.17, 15) is 18.3 Å².